The van der Waals surface area contributed by atoms with Crippen LogP contribution in [0, 0.1) is 29.1 Å². The zero-order chi connectivity index (χ0) is 41.2. The fourth-order valence-corrected chi connectivity index (χ4v) is 9.79. The average Bonchev–Trinajstić information content (AvgIpc) is 3.56. The largest absolute Gasteiger partial charge is 0.496 e. The molecule has 1 heterocycles. The number of methoxy groups -OCH3 is 1. The van der Waals surface area contributed by atoms with Gasteiger partial charge in [0.05, 0.1) is 26.4 Å². The number of hydrogen-bond acceptors (Lipinski definition) is 9. The lowest BCUT2D eigenvalue weighted by molar-refractivity contribution is -0.183. The van der Waals surface area contributed by atoms with Gasteiger partial charge in [-0.25, -0.2) is 0 Å². The Kier molecular flexibility index (Phi) is 13.1. The van der Waals surface area contributed by atoms with E-state index in [1.165, 1.54) is 6.42 Å². The Balaban J connectivity index is 1.30. The van der Waals surface area contributed by atoms with Gasteiger partial charge in [-0.3, -0.25) is 19.2 Å². The monoisotopic (exact) mass is 783 g/mol. The molecule has 0 aromatic heterocycles. The van der Waals surface area contributed by atoms with E-state index in [1.54, 1.807) is 44.3 Å². The lowest BCUT2D eigenvalue weighted by Crippen LogP contribution is -2.62. The van der Waals surface area contributed by atoms with Gasteiger partial charge < -0.3 is 35.8 Å². The first kappa shape index (κ1) is 42.3. The smallest absolute Gasteiger partial charge is 0.251 e. The van der Waals surface area contributed by atoms with Gasteiger partial charge in [0, 0.05) is 53.8 Å². The topological polar surface area (TPSA) is 153 Å². The average molecular weight is 784 g/mol. The van der Waals surface area contributed by atoms with Crippen molar-refractivity contribution in [1.29, 1.82) is 0 Å². The first-order chi connectivity index (χ1) is 27.2. The highest BCUT2D eigenvalue weighted by Gasteiger charge is 2.57. The highest BCUT2D eigenvalue weighted by Crippen LogP contribution is 2.61. The maximum Gasteiger partial charge on any atom is 0.251 e. The Morgan fingerprint density at radius 1 is 1.02 bits per heavy atom. The fourth-order valence-electron chi connectivity index (χ4n) is 9.79. The molecule has 57 heavy (non-hydrogen) atoms. The van der Waals surface area contributed by atoms with Gasteiger partial charge in [0.2, 0.25) is 5.91 Å². The summed E-state index contributed by atoms with van der Waals surface area (Å²) < 4.78 is 6.05. The van der Waals surface area contributed by atoms with Crippen molar-refractivity contribution in [1.82, 2.24) is 25.9 Å². The Bertz CT molecular complexity index is 1900. The van der Waals surface area contributed by atoms with Crippen LogP contribution >= 0.6 is 0 Å². The minimum absolute atomic E-state index is 0.00677. The van der Waals surface area contributed by atoms with E-state index in [0.29, 0.717) is 64.3 Å². The molecule has 2 bridgehead atoms. The highest BCUT2D eigenvalue weighted by atomic mass is 16.7. The van der Waals surface area contributed by atoms with E-state index < -0.39 is 24.2 Å². The minimum Gasteiger partial charge on any atom is -0.496 e. The zero-order valence-corrected chi connectivity index (χ0v) is 34.6. The Hall–Kier alpha value is -4.33. The van der Waals surface area contributed by atoms with Crippen molar-refractivity contribution in [3.8, 4) is 16.9 Å². The number of nitrogens with zero attached hydrogens (tertiary/aromatic N) is 2. The van der Waals surface area contributed by atoms with Crippen molar-refractivity contribution < 1.29 is 34.2 Å². The van der Waals surface area contributed by atoms with Crippen molar-refractivity contribution in [3.05, 3.63) is 89.0 Å². The maximum atomic E-state index is 14.3. The Morgan fingerprint density at radius 2 is 1.72 bits per heavy atom. The standard InChI is InChI=1S/C45H61N5O7/c1-26-36-21-33(45(36,3)4)22-37(26)48-44(55)40-39(27(2)52)38(25-51)57-50(40)23-29-15-12-16-35(41(29)56-8)30-18-31(42(53)46-5)20-32(19-30)43(54)47-34(24-49(6)7)17-28-13-10-9-11-14-28/h9-16,18-20,26-27,33-34,36-40,51-52H,17,21-25H2,1-8H3,(H,46,53)(H,47,54)(H,48,55)/t26-,27-,33+,34-,36-,37-,38-,39+,40-/m0/s1. The summed E-state index contributed by atoms with van der Waals surface area (Å²) in [5.41, 5.74) is 3.88. The summed E-state index contributed by atoms with van der Waals surface area (Å²) in [6.07, 6.45) is 0.985. The van der Waals surface area contributed by atoms with E-state index in [1.807, 2.05) is 67.5 Å². The fraction of sp³-hybridized carbons (Fsp3) is 0.533. The van der Waals surface area contributed by atoms with Crippen LogP contribution in [0.3, 0.4) is 0 Å². The first-order valence-electron chi connectivity index (χ1n) is 20.2. The number of amides is 3. The van der Waals surface area contributed by atoms with Gasteiger partial charge in [-0.2, -0.15) is 5.06 Å². The van der Waals surface area contributed by atoms with Crippen LogP contribution in [0.2, 0.25) is 0 Å². The molecule has 12 heteroatoms. The third-order valence-corrected chi connectivity index (χ3v) is 12.9. The second-order valence-electron chi connectivity index (χ2n) is 17.2. The molecule has 3 amide bonds. The van der Waals surface area contributed by atoms with Crippen molar-refractivity contribution in [2.24, 2.45) is 29.1 Å². The number of rotatable bonds is 15. The highest BCUT2D eigenvalue weighted by molar-refractivity contribution is 6.02. The SMILES string of the molecule is CNC(=O)c1cc(C(=O)N[C@@H](Cc2ccccc2)CN(C)C)cc(-c2cccc(CN3O[C@@H](CO)[C@@H]([C@H](C)O)[C@H]3C(=O)N[C@H]3C[C@H]4C[C@@H]([C@@H]3C)C4(C)C)c2OC)c1. The molecule has 3 aromatic rings. The van der Waals surface area contributed by atoms with E-state index in [0.717, 1.165) is 12.0 Å². The molecule has 4 aliphatic rings. The van der Waals surface area contributed by atoms with Crippen LogP contribution in [0.1, 0.15) is 72.4 Å². The van der Waals surface area contributed by atoms with Crippen LogP contribution in [0.4, 0.5) is 0 Å². The minimum atomic E-state index is -0.936. The predicted octanol–water partition coefficient (Wildman–Crippen LogP) is 4.29. The van der Waals surface area contributed by atoms with E-state index in [4.69, 9.17) is 9.57 Å². The molecule has 12 nitrogen and oxygen atoms in total. The van der Waals surface area contributed by atoms with Crippen LogP contribution in [-0.2, 0) is 22.6 Å². The summed E-state index contributed by atoms with van der Waals surface area (Å²) in [5.74, 6) is 0.277. The number of benzene rings is 3. The molecule has 7 rings (SSSR count). The van der Waals surface area contributed by atoms with E-state index in [-0.39, 0.29) is 48.4 Å². The number of nitrogens with one attached hydrogen (secondary N) is 3. The van der Waals surface area contributed by atoms with Crippen LogP contribution in [0.25, 0.3) is 11.1 Å². The molecule has 1 saturated heterocycles. The van der Waals surface area contributed by atoms with Gasteiger partial charge in [-0.15, -0.1) is 0 Å². The van der Waals surface area contributed by atoms with Crippen LogP contribution in [0.5, 0.6) is 5.75 Å². The third kappa shape index (κ3) is 8.90. The predicted molar refractivity (Wildman–Crippen MR) is 219 cm³/mol. The van der Waals surface area contributed by atoms with Gasteiger partial charge in [-0.1, -0.05) is 69.3 Å². The van der Waals surface area contributed by atoms with Crippen molar-refractivity contribution in [2.75, 3.05) is 41.4 Å². The molecule has 3 saturated carbocycles. The van der Waals surface area contributed by atoms with Crippen molar-refractivity contribution in [3.63, 3.8) is 0 Å². The first-order valence-corrected chi connectivity index (χ1v) is 20.2. The number of aliphatic hydroxyl groups excluding tert-OH is 2. The van der Waals surface area contributed by atoms with Gasteiger partial charge in [0.25, 0.3) is 11.8 Å². The Morgan fingerprint density at radius 3 is 2.32 bits per heavy atom. The summed E-state index contributed by atoms with van der Waals surface area (Å²) in [6.45, 7) is 8.83. The second kappa shape index (κ2) is 17.7. The number of para-hydroxylation sites is 1. The summed E-state index contributed by atoms with van der Waals surface area (Å²) >= 11 is 0. The second-order valence-corrected chi connectivity index (χ2v) is 17.2. The lowest BCUT2D eigenvalue weighted by Gasteiger charge is -2.62. The summed E-state index contributed by atoms with van der Waals surface area (Å²) in [6, 6.07) is 19.6. The number of fused-ring (bicyclic) bond motifs is 2. The van der Waals surface area contributed by atoms with Gasteiger partial charge in [0.15, 0.2) is 0 Å². The number of carbonyl (C=O) groups is 3. The quantitative estimate of drug-likeness (QED) is 0.152. The molecular weight excluding hydrogens is 723 g/mol. The molecule has 5 N–H and O–H groups in total. The molecular formula is C45H61N5O7. The maximum absolute atomic E-state index is 14.3. The molecule has 9 atom stereocenters. The van der Waals surface area contributed by atoms with Gasteiger partial charge in [-0.05, 0) is 92.8 Å². The molecule has 308 valence electrons. The number of hydrogen-bond donors (Lipinski definition) is 5. The number of carbonyl (C=O) groups excluding carboxylic acids is 3. The van der Waals surface area contributed by atoms with E-state index in [2.05, 4.69) is 36.7 Å². The zero-order valence-electron chi connectivity index (χ0n) is 34.6. The number of ether oxygens (including phenoxy) is 1. The van der Waals surface area contributed by atoms with Crippen molar-refractivity contribution >= 4 is 17.7 Å². The van der Waals surface area contributed by atoms with Crippen LogP contribution < -0.4 is 20.7 Å². The van der Waals surface area contributed by atoms with Crippen molar-refractivity contribution in [2.45, 2.75) is 83.8 Å². The summed E-state index contributed by atoms with van der Waals surface area (Å²) in [5, 5.41) is 32.1. The van der Waals surface area contributed by atoms with Crippen LogP contribution in [-0.4, -0.2) is 110 Å². The Labute approximate surface area is 337 Å². The van der Waals surface area contributed by atoms with Crippen LogP contribution in [0.15, 0.2) is 66.7 Å². The third-order valence-electron chi connectivity index (χ3n) is 12.9. The van der Waals surface area contributed by atoms with Gasteiger partial charge >= 0.3 is 0 Å². The summed E-state index contributed by atoms with van der Waals surface area (Å²) in [4.78, 5) is 49.7. The molecule has 3 aliphatic carbocycles. The van der Waals surface area contributed by atoms with E-state index in [9.17, 15) is 24.6 Å². The number of hydroxylamine groups is 2. The van der Waals surface area contributed by atoms with E-state index >= 15 is 0 Å². The molecule has 0 unspecified atom stereocenters. The molecule has 0 spiro atoms. The number of aliphatic hydroxyl groups is 2. The molecule has 4 fully saturated rings. The number of likely N-dealkylation sites (N-methyl/N-ethyl adjacent to an activating group) is 1. The molecule has 3 aromatic carbocycles. The molecule has 1 aliphatic heterocycles. The normalized spacial score (nSPS) is 26.3. The summed E-state index contributed by atoms with van der Waals surface area (Å²) in [7, 11) is 7.02. The van der Waals surface area contributed by atoms with Gasteiger partial charge in [0.1, 0.15) is 17.9 Å². The molecule has 0 radical (unpaired) electrons. The lowest BCUT2D eigenvalue weighted by atomic mass is 9.45.